The van der Waals surface area contributed by atoms with Gasteiger partial charge < -0.3 is 30.2 Å². The zero-order valence-electron chi connectivity index (χ0n) is 19.6. The third kappa shape index (κ3) is 6.15. The van der Waals surface area contributed by atoms with Crippen LogP contribution in [0.5, 0.6) is 11.5 Å². The van der Waals surface area contributed by atoms with Crippen LogP contribution in [0.2, 0.25) is 0 Å². The molecule has 1 fully saturated rings. The topological polar surface area (TPSA) is 107 Å². The van der Waals surface area contributed by atoms with Gasteiger partial charge in [0.2, 0.25) is 5.95 Å². The Morgan fingerprint density at radius 1 is 1.14 bits per heavy atom. The van der Waals surface area contributed by atoms with Gasteiger partial charge in [0.25, 0.3) is 5.91 Å². The molecule has 1 aliphatic heterocycles. The van der Waals surface area contributed by atoms with Gasteiger partial charge in [0, 0.05) is 31.3 Å². The third-order valence-corrected chi connectivity index (χ3v) is 5.37. The molecular formula is C25H28FN5O4. The summed E-state index contributed by atoms with van der Waals surface area (Å²) in [5.41, 5.74) is 1.44. The van der Waals surface area contributed by atoms with E-state index in [-0.39, 0.29) is 35.2 Å². The van der Waals surface area contributed by atoms with Crippen molar-refractivity contribution in [2.24, 2.45) is 0 Å². The predicted molar refractivity (Wildman–Crippen MR) is 130 cm³/mol. The molecule has 1 aliphatic rings. The number of rotatable bonds is 9. The molecule has 1 saturated heterocycles. The van der Waals surface area contributed by atoms with Gasteiger partial charge in [-0.25, -0.2) is 9.37 Å². The Hall–Kier alpha value is -3.92. The number of carbonyl (C=O) groups excluding carboxylic acids is 1. The number of anilines is 4. The smallest absolute Gasteiger partial charge is 0.256 e. The predicted octanol–water partition coefficient (Wildman–Crippen LogP) is 4.42. The molecule has 3 N–H and O–H groups in total. The highest BCUT2D eigenvalue weighted by molar-refractivity contribution is 5.99. The molecule has 0 unspecified atom stereocenters. The average molecular weight is 482 g/mol. The number of halogens is 1. The summed E-state index contributed by atoms with van der Waals surface area (Å²) in [4.78, 5) is 21.4. The molecular weight excluding hydrogens is 453 g/mol. The summed E-state index contributed by atoms with van der Waals surface area (Å²) in [7, 11) is 1.56. The second-order valence-corrected chi connectivity index (χ2v) is 7.84. The minimum absolute atomic E-state index is 0.0318. The van der Waals surface area contributed by atoms with Crippen molar-refractivity contribution in [3.63, 3.8) is 0 Å². The fraction of sp³-hybridized carbons (Fsp3) is 0.320. The van der Waals surface area contributed by atoms with E-state index in [1.165, 1.54) is 18.3 Å². The van der Waals surface area contributed by atoms with Crippen LogP contribution < -0.4 is 25.4 Å². The maximum Gasteiger partial charge on any atom is 0.256 e. The highest BCUT2D eigenvalue weighted by Gasteiger charge is 2.21. The first-order chi connectivity index (χ1) is 17.1. The van der Waals surface area contributed by atoms with Gasteiger partial charge in [-0.3, -0.25) is 4.79 Å². The van der Waals surface area contributed by atoms with Gasteiger partial charge in [0.1, 0.15) is 23.3 Å². The number of methoxy groups -OCH3 is 1. The van der Waals surface area contributed by atoms with E-state index in [9.17, 15) is 9.18 Å². The van der Waals surface area contributed by atoms with Gasteiger partial charge >= 0.3 is 0 Å². The second-order valence-electron chi connectivity index (χ2n) is 7.84. The molecule has 1 aromatic heterocycles. The molecule has 3 aromatic rings. The summed E-state index contributed by atoms with van der Waals surface area (Å²) in [6.07, 6.45) is 3.06. The van der Waals surface area contributed by atoms with Gasteiger partial charge in [0.15, 0.2) is 11.5 Å². The summed E-state index contributed by atoms with van der Waals surface area (Å²) in [6.45, 7) is 3.60. The number of nitrogens with one attached hydrogen (secondary N) is 3. The van der Waals surface area contributed by atoms with E-state index in [4.69, 9.17) is 14.2 Å². The fourth-order valence-electron chi connectivity index (χ4n) is 3.64. The van der Waals surface area contributed by atoms with E-state index < -0.39 is 0 Å². The minimum atomic E-state index is -0.347. The molecule has 4 rings (SSSR count). The highest BCUT2D eigenvalue weighted by atomic mass is 19.1. The first-order valence-electron chi connectivity index (χ1n) is 11.4. The Bertz CT molecular complexity index is 1150. The lowest BCUT2D eigenvalue weighted by Gasteiger charge is -2.25. The quantitative estimate of drug-likeness (QED) is 0.412. The molecule has 35 heavy (non-hydrogen) atoms. The summed E-state index contributed by atoms with van der Waals surface area (Å²) in [5.74, 6) is 0.922. The van der Waals surface area contributed by atoms with Crippen LogP contribution in [-0.2, 0) is 4.74 Å². The molecule has 0 bridgehead atoms. The van der Waals surface area contributed by atoms with E-state index >= 15 is 0 Å². The number of aromatic nitrogens is 2. The van der Waals surface area contributed by atoms with Crippen LogP contribution in [-0.4, -0.2) is 48.8 Å². The van der Waals surface area contributed by atoms with Crippen molar-refractivity contribution in [2.75, 3.05) is 37.5 Å². The van der Waals surface area contributed by atoms with Crippen molar-refractivity contribution in [1.82, 2.24) is 15.3 Å². The molecule has 2 aromatic carbocycles. The molecule has 10 heteroatoms. The number of ether oxygens (including phenoxy) is 3. The van der Waals surface area contributed by atoms with Crippen LogP contribution in [0.1, 0.15) is 30.1 Å². The first kappa shape index (κ1) is 24.2. The Morgan fingerprint density at radius 3 is 2.63 bits per heavy atom. The molecule has 0 saturated carbocycles. The largest absolute Gasteiger partial charge is 0.491 e. The van der Waals surface area contributed by atoms with Gasteiger partial charge in [-0.15, -0.1) is 0 Å². The number of amides is 1. The van der Waals surface area contributed by atoms with Crippen molar-refractivity contribution in [2.45, 2.75) is 25.9 Å². The van der Waals surface area contributed by atoms with Gasteiger partial charge in [-0.2, -0.15) is 4.98 Å². The second kappa shape index (κ2) is 11.5. The Kier molecular flexibility index (Phi) is 7.94. The molecule has 0 radical (unpaired) electrons. The summed E-state index contributed by atoms with van der Waals surface area (Å²) >= 11 is 0. The molecule has 1 amide bonds. The first-order valence-corrected chi connectivity index (χ1v) is 11.4. The van der Waals surface area contributed by atoms with E-state index in [1.807, 2.05) is 25.1 Å². The number of hydrogen-bond acceptors (Lipinski definition) is 8. The zero-order chi connectivity index (χ0) is 24.6. The van der Waals surface area contributed by atoms with Crippen LogP contribution in [0.4, 0.5) is 27.5 Å². The summed E-state index contributed by atoms with van der Waals surface area (Å²) < 4.78 is 30.5. The lowest BCUT2D eigenvalue weighted by atomic mass is 10.1. The van der Waals surface area contributed by atoms with E-state index in [2.05, 4.69) is 25.9 Å². The summed E-state index contributed by atoms with van der Waals surface area (Å²) in [6, 6.07) is 11.3. The van der Waals surface area contributed by atoms with Crippen molar-refractivity contribution >= 4 is 29.0 Å². The van der Waals surface area contributed by atoms with Gasteiger partial charge in [-0.05, 0) is 43.3 Å². The van der Waals surface area contributed by atoms with Crippen LogP contribution >= 0.6 is 0 Å². The number of nitrogens with zero attached hydrogens (tertiary/aromatic N) is 2. The Morgan fingerprint density at radius 2 is 1.91 bits per heavy atom. The normalized spacial score (nSPS) is 13.7. The van der Waals surface area contributed by atoms with Gasteiger partial charge in [-0.1, -0.05) is 6.07 Å². The van der Waals surface area contributed by atoms with Crippen molar-refractivity contribution in [3.05, 3.63) is 60.0 Å². The van der Waals surface area contributed by atoms with Crippen molar-refractivity contribution in [1.29, 1.82) is 0 Å². The van der Waals surface area contributed by atoms with E-state index in [0.29, 0.717) is 42.6 Å². The Balaban J connectivity index is 1.64. The highest BCUT2D eigenvalue weighted by Crippen LogP contribution is 2.38. The van der Waals surface area contributed by atoms with Crippen LogP contribution in [0.15, 0.2) is 48.7 Å². The number of hydrogen-bond donors (Lipinski definition) is 3. The lowest BCUT2D eigenvalue weighted by Crippen LogP contribution is -2.26. The maximum atomic E-state index is 13.3. The SMILES string of the molecule is CCNC(=O)c1cnc(Nc2ccc(F)cc2)nc1Nc1cccc(OC2CCOCC2)c1OC. The standard InChI is InChI=1S/C25H28FN5O4/c1-3-27-24(32)19-15-28-25(29-17-9-7-16(26)8-10-17)31-23(19)30-20-5-4-6-21(22(20)33-2)35-18-11-13-34-14-12-18/h4-10,15,18H,3,11-14H2,1-2H3,(H,27,32)(H2,28,29,30,31). The van der Waals surface area contributed by atoms with Crippen LogP contribution in [0.25, 0.3) is 0 Å². The van der Waals surface area contributed by atoms with E-state index in [1.54, 1.807) is 19.2 Å². The van der Waals surface area contributed by atoms with Crippen molar-refractivity contribution in [3.8, 4) is 11.5 Å². The summed E-state index contributed by atoms with van der Waals surface area (Å²) in [5, 5.41) is 8.99. The van der Waals surface area contributed by atoms with Gasteiger partial charge in [0.05, 0.1) is 26.0 Å². The zero-order valence-corrected chi connectivity index (χ0v) is 19.6. The minimum Gasteiger partial charge on any atom is -0.491 e. The molecule has 0 atom stereocenters. The van der Waals surface area contributed by atoms with E-state index in [0.717, 1.165) is 12.8 Å². The number of carbonyl (C=O) groups is 1. The third-order valence-electron chi connectivity index (χ3n) is 5.37. The molecule has 2 heterocycles. The molecule has 0 aliphatic carbocycles. The average Bonchev–Trinajstić information content (AvgIpc) is 2.87. The molecule has 184 valence electrons. The monoisotopic (exact) mass is 481 g/mol. The van der Waals surface area contributed by atoms with Crippen LogP contribution in [0.3, 0.4) is 0 Å². The lowest BCUT2D eigenvalue weighted by molar-refractivity contribution is 0.0246. The van der Waals surface area contributed by atoms with Crippen LogP contribution in [0, 0.1) is 5.82 Å². The molecule has 9 nitrogen and oxygen atoms in total. The van der Waals surface area contributed by atoms with Crippen molar-refractivity contribution < 1.29 is 23.4 Å². The molecule has 0 spiro atoms. The number of benzene rings is 2. The number of para-hydroxylation sites is 1. The maximum absolute atomic E-state index is 13.3. The fourth-order valence-corrected chi connectivity index (χ4v) is 3.64. The Labute approximate surface area is 203 Å².